The summed E-state index contributed by atoms with van der Waals surface area (Å²) in [4.78, 5) is 13.1. The topological polar surface area (TPSA) is 97.2 Å². The third-order valence-electron chi connectivity index (χ3n) is 5.78. The second-order valence-corrected chi connectivity index (χ2v) is 11.7. The number of anilines is 1. The second kappa shape index (κ2) is 10.3. The smallest absolute Gasteiger partial charge is 0.243 e. The molecule has 1 fully saturated rings. The summed E-state index contributed by atoms with van der Waals surface area (Å²) in [7, 11) is -3.50. The van der Waals surface area contributed by atoms with E-state index in [1.165, 1.54) is 16.1 Å². The number of sulfonamides is 1. The van der Waals surface area contributed by atoms with Gasteiger partial charge < -0.3 is 5.32 Å². The lowest BCUT2D eigenvalue weighted by atomic mass is 10.2. The third-order valence-corrected chi connectivity index (χ3v) is 8.74. The number of nitrogens with one attached hydrogen (secondary N) is 1. The zero-order valence-corrected chi connectivity index (χ0v) is 21.2. The molecule has 4 rings (SSSR count). The summed E-state index contributed by atoms with van der Waals surface area (Å²) < 4.78 is 29.1. The molecule has 1 aromatic heterocycles. The average molecular weight is 500 g/mol. The number of hydrogen-bond acceptors (Lipinski definition) is 6. The van der Waals surface area contributed by atoms with E-state index in [4.69, 9.17) is 0 Å². The Morgan fingerprint density at radius 3 is 2.41 bits per heavy atom. The Labute approximate surface area is 204 Å². The summed E-state index contributed by atoms with van der Waals surface area (Å²) in [5.41, 5.74) is 2.62. The maximum absolute atomic E-state index is 12.8. The zero-order valence-electron chi connectivity index (χ0n) is 19.6. The van der Waals surface area contributed by atoms with E-state index >= 15 is 0 Å². The molecule has 0 saturated carbocycles. The number of benzene rings is 2. The Kier molecular flexibility index (Phi) is 7.39. The standard InChI is InChI=1S/C24H29N5O3S2/c1-17-8-7-9-21(16-17)29-19(3)26-27-24(29)33-18(2)23(30)25-20-10-12-22(13-11-20)34(31,32)28-14-5-4-6-15-28/h7-13,16,18H,4-6,14-15H2,1-3H3,(H,25,30). The molecule has 1 N–H and O–H groups in total. The molecule has 180 valence electrons. The van der Waals surface area contributed by atoms with Gasteiger partial charge in [-0.05, 0) is 75.6 Å². The Morgan fingerprint density at radius 2 is 1.74 bits per heavy atom. The van der Waals surface area contributed by atoms with Gasteiger partial charge in [0.25, 0.3) is 0 Å². The van der Waals surface area contributed by atoms with Gasteiger partial charge in [-0.2, -0.15) is 4.31 Å². The highest BCUT2D eigenvalue weighted by Gasteiger charge is 2.26. The van der Waals surface area contributed by atoms with Gasteiger partial charge in [-0.15, -0.1) is 10.2 Å². The number of hydrogen-bond donors (Lipinski definition) is 1. The van der Waals surface area contributed by atoms with E-state index < -0.39 is 15.3 Å². The first-order chi connectivity index (χ1) is 16.3. The molecular formula is C24H29N5O3S2. The number of nitrogens with zero attached hydrogens (tertiary/aromatic N) is 4. The highest BCUT2D eigenvalue weighted by atomic mass is 32.2. The number of thioether (sulfide) groups is 1. The van der Waals surface area contributed by atoms with Crippen molar-refractivity contribution < 1.29 is 13.2 Å². The molecule has 1 unspecified atom stereocenters. The summed E-state index contributed by atoms with van der Waals surface area (Å²) in [6.07, 6.45) is 2.84. The van der Waals surface area contributed by atoms with Crippen molar-refractivity contribution in [1.29, 1.82) is 0 Å². The van der Waals surface area contributed by atoms with Gasteiger partial charge in [0.05, 0.1) is 10.1 Å². The monoisotopic (exact) mass is 499 g/mol. The van der Waals surface area contributed by atoms with Crippen molar-refractivity contribution in [1.82, 2.24) is 19.1 Å². The van der Waals surface area contributed by atoms with Crippen molar-refractivity contribution >= 4 is 33.4 Å². The van der Waals surface area contributed by atoms with E-state index in [9.17, 15) is 13.2 Å². The molecule has 1 aliphatic rings. The summed E-state index contributed by atoms with van der Waals surface area (Å²) in [5, 5.41) is 11.5. The van der Waals surface area contributed by atoms with Crippen LogP contribution in [0.15, 0.2) is 58.6 Å². The normalized spacial score (nSPS) is 15.7. The van der Waals surface area contributed by atoms with Crippen LogP contribution < -0.4 is 5.32 Å². The number of piperidine rings is 1. The molecule has 0 radical (unpaired) electrons. The van der Waals surface area contributed by atoms with Gasteiger partial charge in [0, 0.05) is 24.5 Å². The van der Waals surface area contributed by atoms with Crippen molar-refractivity contribution in [3.63, 3.8) is 0 Å². The number of amides is 1. The molecule has 1 amide bonds. The van der Waals surface area contributed by atoms with Crippen LogP contribution in [-0.4, -0.2) is 51.7 Å². The lowest BCUT2D eigenvalue weighted by Crippen LogP contribution is -2.35. The van der Waals surface area contributed by atoms with Gasteiger partial charge in [-0.3, -0.25) is 9.36 Å². The molecule has 8 nitrogen and oxygen atoms in total. The van der Waals surface area contributed by atoms with E-state index in [0.717, 1.165) is 36.3 Å². The maximum atomic E-state index is 12.8. The molecule has 1 atom stereocenters. The number of aromatic nitrogens is 3. The maximum Gasteiger partial charge on any atom is 0.243 e. The van der Waals surface area contributed by atoms with Crippen LogP contribution >= 0.6 is 11.8 Å². The summed E-state index contributed by atoms with van der Waals surface area (Å²) in [6, 6.07) is 14.4. The average Bonchev–Trinajstić information content (AvgIpc) is 3.19. The molecular weight excluding hydrogens is 470 g/mol. The lowest BCUT2D eigenvalue weighted by molar-refractivity contribution is -0.115. The Balaban J connectivity index is 1.43. The Bertz CT molecular complexity index is 1270. The SMILES string of the molecule is Cc1cccc(-n2c(C)nnc2SC(C)C(=O)Nc2ccc(S(=O)(=O)N3CCCCC3)cc2)c1. The van der Waals surface area contributed by atoms with E-state index in [1.54, 1.807) is 31.2 Å². The molecule has 2 heterocycles. The van der Waals surface area contributed by atoms with Gasteiger partial charge in [-0.25, -0.2) is 8.42 Å². The predicted octanol–water partition coefficient (Wildman–Crippen LogP) is 4.18. The van der Waals surface area contributed by atoms with Crippen molar-refractivity contribution in [3.05, 3.63) is 59.9 Å². The molecule has 0 aliphatic carbocycles. The summed E-state index contributed by atoms with van der Waals surface area (Å²) >= 11 is 1.32. The Morgan fingerprint density at radius 1 is 1.03 bits per heavy atom. The fraction of sp³-hybridized carbons (Fsp3) is 0.375. The number of aryl methyl sites for hydroxylation is 2. The summed E-state index contributed by atoms with van der Waals surface area (Å²) in [5.74, 6) is 0.541. The first-order valence-electron chi connectivity index (χ1n) is 11.3. The van der Waals surface area contributed by atoms with Crippen molar-refractivity contribution in [2.24, 2.45) is 0 Å². The van der Waals surface area contributed by atoms with Gasteiger partial charge in [-0.1, -0.05) is 30.3 Å². The van der Waals surface area contributed by atoms with Gasteiger partial charge in [0.15, 0.2) is 5.16 Å². The minimum Gasteiger partial charge on any atom is -0.325 e. The van der Waals surface area contributed by atoms with Crippen LogP contribution in [0.3, 0.4) is 0 Å². The first kappa shape index (κ1) is 24.4. The van der Waals surface area contributed by atoms with Crippen LogP contribution in [0.2, 0.25) is 0 Å². The first-order valence-corrected chi connectivity index (χ1v) is 13.6. The van der Waals surface area contributed by atoms with E-state index in [1.807, 2.05) is 42.7 Å². The fourth-order valence-corrected chi connectivity index (χ4v) is 6.33. The number of carbonyl (C=O) groups is 1. The van der Waals surface area contributed by atoms with E-state index in [2.05, 4.69) is 15.5 Å². The molecule has 0 bridgehead atoms. The minimum absolute atomic E-state index is 0.201. The molecule has 3 aromatic rings. The third kappa shape index (κ3) is 5.34. The fourth-order valence-electron chi connectivity index (χ4n) is 3.90. The van der Waals surface area contributed by atoms with Crippen LogP contribution in [0, 0.1) is 13.8 Å². The zero-order chi connectivity index (χ0) is 24.3. The van der Waals surface area contributed by atoms with E-state index in [-0.39, 0.29) is 10.8 Å². The van der Waals surface area contributed by atoms with Crippen LogP contribution in [-0.2, 0) is 14.8 Å². The van der Waals surface area contributed by atoms with Gasteiger partial charge >= 0.3 is 0 Å². The largest absolute Gasteiger partial charge is 0.325 e. The Hall–Kier alpha value is -2.69. The molecule has 1 aliphatic heterocycles. The summed E-state index contributed by atoms with van der Waals surface area (Å²) in [6.45, 7) is 6.82. The molecule has 1 saturated heterocycles. The molecule has 0 spiro atoms. The quantitative estimate of drug-likeness (QED) is 0.490. The van der Waals surface area contributed by atoms with Gasteiger partial charge in [0.1, 0.15) is 5.82 Å². The van der Waals surface area contributed by atoms with Crippen molar-refractivity contribution in [2.45, 2.75) is 55.3 Å². The van der Waals surface area contributed by atoms with Gasteiger partial charge in [0.2, 0.25) is 15.9 Å². The lowest BCUT2D eigenvalue weighted by Gasteiger charge is -2.25. The molecule has 2 aromatic carbocycles. The highest BCUT2D eigenvalue weighted by Crippen LogP contribution is 2.27. The minimum atomic E-state index is -3.50. The number of carbonyl (C=O) groups excluding carboxylic acids is 1. The highest BCUT2D eigenvalue weighted by molar-refractivity contribution is 8.00. The van der Waals surface area contributed by atoms with Crippen molar-refractivity contribution in [3.8, 4) is 5.69 Å². The van der Waals surface area contributed by atoms with Crippen LogP contribution in [0.4, 0.5) is 5.69 Å². The molecule has 10 heteroatoms. The van der Waals surface area contributed by atoms with Crippen LogP contribution in [0.25, 0.3) is 5.69 Å². The number of rotatable bonds is 7. The second-order valence-electron chi connectivity index (χ2n) is 8.44. The van der Waals surface area contributed by atoms with Crippen LogP contribution in [0.1, 0.15) is 37.6 Å². The van der Waals surface area contributed by atoms with Crippen molar-refractivity contribution in [2.75, 3.05) is 18.4 Å². The predicted molar refractivity (Wildman–Crippen MR) is 134 cm³/mol. The van der Waals surface area contributed by atoms with Crippen LogP contribution in [0.5, 0.6) is 0 Å². The van der Waals surface area contributed by atoms with E-state index in [0.29, 0.717) is 23.9 Å². The molecule has 34 heavy (non-hydrogen) atoms.